The molecule has 94 valence electrons. The van der Waals surface area contributed by atoms with Crippen LogP contribution in [0.4, 0.5) is 12.9 Å². The number of hydrogen-bond acceptors (Lipinski definition) is 1. The lowest BCUT2D eigenvalue weighted by Crippen LogP contribution is -2.33. The lowest BCUT2D eigenvalue weighted by Gasteiger charge is -2.15. The van der Waals surface area contributed by atoms with Crippen LogP contribution < -0.4 is 10.2 Å². The van der Waals surface area contributed by atoms with Gasteiger partial charge in [-0.3, -0.25) is 0 Å². The summed E-state index contributed by atoms with van der Waals surface area (Å²) >= 11 is 3.28. The molecule has 1 nitrogen and oxygen atoms in total. The van der Waals surface area contributed by atoms with Crippen LogP contribution in [0.1, 0.15) is 0 Å². The topological polar surface area (TPSA) is 9.23 Å². The Hall–Kier alpha value is -1.43. The molecular weight excluding hydrogens is 308 g/mol. The van der Waals surface area contributed by atoms with E-state index in [-0.39, 0.29) is 0 Å². The molecule has 18 heavy (non-hydrogen) atoms. The van der Waals surface area contributed by atoms with Gasteiger partial charge in [-0.1, -0.05) is 28.1 Å². The van der Waals surface area contributed by atoms with E-state index in [1.165, 1.54) is 12.1 Å². The van der Waals surface area contributed by atoms with Gasteiger partial charge in [0.25, 0.3) is 0 Å². The molecule has 0 amide bonds. The zero-order chi connectivity index (χ0) is 13.2. The SMILES string of the molecule is F[B-](F)(F)c1ccc(Oc2ccc(Br)cc2)cc1. The maximum absolute atomic E-state index is 12.4. The molecule has 0 N–H and O–H groups in total. The van der Waals surface area contributed by atoms with Crippen molar-refractivity contribution in [1.82, 2.24) is 0 Å². The van der Waals surface area contributed by atoms with Gasteiger partial charge in [0.15, 0.2) is 0 Å². The van der Waals surface area contributed by atoms with Crippen molar-refractivity contribution >= 4 is 28.4 Å². The molecule has 0 heterocycles. The summed E-state index contributed by atoms with van der Waals surface area (Å²) in [4.78, 5) is 0. The van der Waals surface area contributed by atoms with E-state index in [1.54, 1.807) is 24.3 Å². The van der Waals surface area contributed by atoms with E-state index in [2.05, 4.69) is 15.9 Å². The first-order valence-corrected chi connectivity index (χ1v) is 5.98. The normalized spacial score (nSPS) is 11.3. The maximum Gasteiger partial charge on any atom is 0.509 e. The minimum atomic E-state index is -4.95. The van der Waals surface area contributed by atoms with Crippen LogP contribution in [0.5, 0.6) is 11.5 Å². The predicted molar refractivity (Wildman–Crippen MR) is 69.4 cm³/mol. The number of halogens is 4. The Morgan fingerprint density at radius 1 is 0.778 bits per heavy atom. The summed E-state index contributed by atoms with van der Waals surface area (Å²) in [5.74, 6) is 0.949. The molecule has 0 unspecified atom stereocenters. The first kappa shape index (κ1) is 13.0. The monoisotopic (exact) mass is 315 g/mol. The lowest BCUT2D eigenvalue weighted by molar-refractivity contribution is 0.482. The number of hydrogen-bond donors (Lipinski definition) is 0. The molecule has 0 aliphatic heterocycles. The van der Waals surface area contributed by atoms with E-state index in [1.807, 2.05) is 0 Å². The zero-order valence-electron chi connectivity index (χ0n) is 9.12. The average Bonchev–Trinajstić information content (AvgIpc) is 2.32. The largest absolute Gasteiger partial charge is 0.509 e. The molecule has 2 aromatic carbocycles. The van der Waals surface area contributed by atoms with Gasteiger partial charge < -0.3 is 17.7 Å². The number of rotatable bonds is 3. The summed E-state index contributed by atoms with van der Waals surface area (Å²) in [5.41, 5.74) is -0.627. The predicted octanol–water partition coefficient (Wildman–Crippen LogP) is 4.30. The van der Waals surface area contributed by atoms with Crippen molar-refractivity contribution in [2.45, 2.75) is 0 Å². The molecule has 0 fully saturated rings. The third-order valence-electron chi connectivity index (χ3n) is 2.31. The van der Waals surface area contributed by atoms with Crippen LogP contribution in [0.2, 0.25) is 0 Å². The van der Waals surface area contributed by atoms with Crippen LogP contribution in [0.15, 0.2) is 53.0 Å². The van der Waals surface area contributed by atoms with Gasteiger partial charge in [0.05, 0.1) is 0 Å². The van der Waals surface area contributed by atoms with Crippen molar-refractivity contribution in [3.8, 4) is 11.5 Å². The van der Waals surface area contributed by atoms with E-state index < -0.39 is 12.4 Å². The summed E-state index contributed by atoms with van der Waals surface area (Å²) in [6, 6.07) is 11.7. The van der Waals surface area contributed by atoms with Gasteiger partial charge >= 0.3 is 6.98 Å². The van der Waals surface area contributed by atoms with Crippen molar-refractivity contribution in [2.75, 3.05) is 0 Å². The first-order chi connectivity index (χ1) is 8.45. The molecule has 0 bridgehead atoms. The summed E-state index contributed by atoms with van der Waals surface area (Å²) in [6.07, 6.45) is 0. The molecule has 0 aliphatic rings. The molecule has 2 aromatic rings. The Balaban J connectivity index is 2.13. The van der Waals surface area contributed by atoms with E-state index >= 15 is 0 Å². The zero-order valence-corrected chi connectivity index (χ0v) is 10.7. The number of benzene rings is 2. The second-order valence-corrected chi connectivity index (χ2v) is 4.62. The quantitative estimate of drug-likeness (QED) is 0.768. The molecule has 0 radical (unpaired) electrons. The minimum Gasteiger partial charge on any atom is -0.457 e. The van der Waals surface area contributed by atoms with E-state index in [9.17, 15) is 12.9 Å². The van der Waals surface area contributed by atoms with Crippen LogP contribution in [-0.2, 0) is 0 Å². The molecule has 6 heteroatoms. The maximum atomic E-state index is 12.4. The fourth-order valence-electron chi connectivity index (χ4n) is 1.39. The Labute approximate surface area is 111 Å². The third-order valence-corrected chi connectivity index (χ3v) is 2.84. The molecular formula is C12H8BBrF3O-. The van der Waals surface area contributed by atoms with Crippen molar-refractivity contribution in [1.29, 1.82) is 0 Å². The Bertz CT molecular complexity index is 523. The molecule has 0 spiro atoms. The summed E-state index contributed by atoms with van der Waals surface area (Å²) in [7, 11) is 0. The van der Waals surface area contributed by atoms with Crippen LogP contribution in [-0.4, -0.2) is 6.98 Å². The molecule has 0 saturated heterocycles. The van der Waals surface area contributed by atoms with E-state index in [0.29, 0.717) is 11.5 Å². The van der Waals surface area contributed by atoms with Crippen molar-refractivity contribution in [2.24, 2.45) is 0 Å². The Morgan fingerprint density at radius 3 is 1.67 bits per heavy atom. The van der Waals surface area contributed by atoms with Crippen LogP contribution in [0.25, 0.3) is 0 Å². The molecule has 0 aliphatic carbocycles. The highest BCUT2D eigenvalue weighted by Gasteiger charge is 2.24. The van der Waals surface area contributed by atoms with E-state index in [4.69, 9.17) is 4.74 Å². The Kier molecular flexibility index (Phi) is 3.66. The highest BCUT2D eigenvalue weighted by Crippen LogP contribution is 2.23. The summed E-state index contributed by atoms with van der Waals surface area (Å²) in [6.45, 7) is -4.95. The molecule has 0 aromatic heterocycles. The van der Waals surface area contributed by atoms with Gasteiger partial charge in [-0.25, -0.2) is 0 Å². The third kappa shape index (κ3) is 3.29. The van der Waals surface area contributed by atoms with Gasteiger partial charge in [0, 0.05) is 4.47 Å². The van der Waals surface area contributed by atoms with Gasteiger partial charge in [-0.15, -0.1) is 5.46 Å². The van der Waals surface area contributed by atoms with Gasteiger partial charge in [0.1, 0.15) is 11.5 Å². The second kappa shape index (κ2) is 5.06. The fourth-order valence-corrected chi connectivity index (χ4v) is 1.66. The van der Waals surface area contributed by atoms with Crippen LogP contribution >= 0.6 is 15.9 Å². The lowest BCUT2D eigenvalue weighted by atomic mass is 9.80. The number of ether oxygens (including phenoxy) is 1. The summed E-state index contributed by atoms with van der Waals surface area (Å²) < 4.78 is 43.5. The van der Waals surface area contributed by atoms with Gasteiger partial charge in [0.2, 0.25) is 0 Å². The van der Waals surface area contributed by atoms with Crippen LogP contribution in [0, 0.1) is 0 Å². The smallest absolute Gasteiger partial charge is 0.457 e. The standard InChI is InChI=1S/C12H8BBrF3O/c14-10-3-7-12(8-4-10)18-11-5-1-9(2-6-11)13(15,16)17/h1-8H/q-1. The summed E-state index contributed by atoms with van der Waals surface area (Å²) in [5, 5.41) is 0. The fraction of sp³-hybridized carbons (Fsp3) is 0. The van der Waals surface area contributed by atoms with Crippen molar-refractivity contribution < 1.29 is 17.7 Å². The van der Waals surface area contributed by atoms with Crippen molar-refractivity contribution in [3.05, 3.63) is 53.0 Å². The average molecular weight is 316 g/mol. The van der Waals surface area contributed by atoms with Crippen LogP contribution in [0.3, 0.4) is 0 Å². The molecule has 0 saturated carbocycles. The van der Waals surface area contributed by atoms with Gasteiger partial charge in [-0.2, -0.15) is 0 Å². The first-order valence-electron chi connectivity index (χ1n) is 5.18. The highest BCUT2D eigenvalue weighted by atomic mass is 79.9. The molecule has 2 rings (SSSR count). The van der Waals surface area contributed by atoms with Gasteiger partial charge in [-0.05, 0) is 36.4 Å². The second-order valence-electron chi connectivity index (χ2n) is 3.70. The van der Waals surface area contributed by atoms with E-state index in [0.717, 1.165) is 16.6 Å². The minimum absolute atomic E-state index is 0.376. The Morgan fingerprint density at radius 2 is 1.22 bits per heavy atom. The molecule has 0 atom stereocenters. The highest BCUT2D eigenvalue weighted by molar-refractivity contribution is 9.10. The van der Waals surface area contributed by atoms with Crippen molar-refractivity contribution in [3.63, 3.8) is 0 Å².